The lowest BCUT2D eigenvalue weighted by molar-refractivity contribution is -0.121. The minimum atomic E-state index is -0.268. The molecule has 1 aromatic heterocycles. The summed E-state index contributed by atoms with van der Waals surface area (Å²) < 4.78 is 5.47. The summed E-state index contributed by atoms with van der Waals surface area (Å²) in [7, 11) is 0. The summed E-state index contributed by atoms with van der Waals surface area (Å²) in [5.74, 6) is 0.535. The largest absolute Gasteiger partial charge is 0.481 e. The Hall–Kier alpha value is -3.09. The van der Waals surface area contributed by atoms with Crippen LogP contribution in [0, 0.1) is 0 Å². The van der Waals surface area contributed by atoms with Crippen LogP contribution in [0.25, 0.3) is 0 Å². The third kappa shape index (κ3) is 4.30. The van der Waals surface area contributed by atoms with Gasteiger partial charge in [-0.1, -0.05) is 6.07 Å². The number of pyridine rings is 1. The number of nitrogens with one attached hydrogen (secondary N) is 2. The van der Waals surface area contributed by atoms with Gasteiger partial charge in [0.25, 0.3) is 5.91 Å². The van der Waals surface area contributed by atoms with E-state index in [-0.39, 0.29) is 18.5 Å². The average molecular weight is 354 g/mol. The number of carbonyl (C=O) groups is 2. The fourth-order valence-corrected chi connectivity index (χ4v) is 2.84. The van der Waals surface area contributed by atoms with Gasteiger partial charge in [-0.3, -0.25) is 9.78 Å². The van der Waals surface area contributed by atoms with E-state index >= 15 is 0 Å². The summed E-state index contributed by atoms with van der Waals surface area (Å²) in [4.78, 5) is 29.6. The molecule has 7 nitrogen and oxygen atoms in total. The number of aryl methyl sites for hydroxylation is 1. The van der Waals surface area contributed by atoms with Crippen molar-refractivity contribution >= 4 is 23.3 Å². The molecule has 2 aromatic rings. The zero-order valence-electron chi connectivity index (χ0n) is 14.7. The highest BCUT2D eigenvalue weighted by Crippen LogP contribution is 2.34. The lowest BCUT2D eigenvalue weighted by Gasteiger charge is -2.28. The number of ether oxygens (including phenoxy) is 1. The molecule has 1 aliphatic heterocycles. The number of carbonyl (C=O) groups excluding carboxylic acids is 2. The Morgan fingerprint density at radius 2 is 2.23 bits per heavy atom. The highest BCUT2D eigenvalue weighted by Gasteiger charge is 2.24. The molecule has 3 amide bonds. The van der Waals surface area contributed by atoms with Gasteiger partial charge in [-0.05, 0) is 43.5 Å². The molecule has 26 heavy (non-hydrogen) atoms. The van der Waals surface area contributed by atoms with Crippen LogP contribution in [0.15, 0.2) is 42.7 Å². The fourth-order valence-electron chi connectivity index (χ4n) is 2.84. The van der Waals surface area contributed by atoms with Gasteiger partial charge in [0.15, 0.2) is 6.61 Å². The summed E-state index contributed by atoms with van der Waals surface area (Å²) in [6.45, 7) is 3.09. The molecule has 0 saturated heterocycles. The second-order valence-electron chi connectivity index (χ2n) is 5.95. The number of anilines is 2. The molecule has 1 aliphatic rings. The van der Waals surface area contributed by atoms with E-state index < -0.39 is 0 Å². The maximum Gasteiger partial charge on any atom is 0.319 e. The molecule has 2 heterocycles. The third-order valence-electron chi connectivity index (χ3n) is 4.13. The van der Waals surface area contributed by atoms with Crippen molar-refractivity contribution in [3.63, 3.8) is 0 Å². The Bertz CT molecular complexity index is 780. The number of rotatable bonds is 6. The second-order valence-corrected chi connectivity index (χ2v) is 5.95. The number of likely N-dealkylation sites (N-methyl/N-ethyl adjacent to an activating group) is 1. The molecule has 0 saturated carbocycles. The number of benzene rings is 1. The topological polar surface area (TPSA) is 83.6 Å². The monoisotopic (exact) mass is 354 g/mol. The van der Waals surface area contributed by atoms with Crippen molar-refractivity contribution in [2.75, 3.05) is 29.9 Å². The third-order valence-corrected chi connectivity index (χ3v) is 4.13. The van der Waals surface area contributed by atoms with Crippen LogP contribution in [-0.4, -0.2) is 36.6 Å². The number of fused-ring (bicyclic) bond motifs is 1. The summed E-state index contributed by atoms with van der Waals surface area (Å²) in [5.41, 5.74) is 2.50. The van der Waals surface area contributed by atoms with Crippen LogP contribution in [0.3, 0.4) is 0 Å². The summed E-state index contributed by atoms with van der Waals surface area (Å²) in [6.07, 6.45) is 5.27. The van der Waals surface area contributed by atoms with E-state index in [1.807, 2.05) is 25.3 Å². The Balaban J connectivity index is 1.49. The van der Waals surface area contributed by atoms with Crippen molar-refractivity contribution in [1.29, 1.82) is 0 Å². The summed E-state index contributed by atoms with van der Waals surface area (Å²) in [5, 5.41) is 5.62. The van der Waals surface area contributed by atoms with Crippen LogP contribution in [0.2, 0.25) is 0 Å². The van der Waals surface area contributed by atoms with Gasteiger partial charge >= 0.3 is 6.03 Å². The van der Waals surface area contributed by atoms with E-state index in [1.54, 1.807) is 29.3 Å². The highest BCUT2D eigenvalue weighted by atomic mass is 16.5. The molecule has 2 N–H and O–H groups in total. The average Bonchev–Trinajstić information content (AvgIpc) is 2.66. The van der Waals surface area contributed by atoms with E-state index in [9.17, 15) is 9.59 Å². The lowest BCUT2D eigenvalue weighted by Crippen LogP contribution is -2.38. The van der Waals surface area contributed by atoms with E-state index in [0.29, 0.717) is 24.5 Å². The number of nitrogens with zero attached hydrogens (tertiary/aromatic N) is 2. The van der Waals surface area contributed by atoms with Crippen LogP contribution in [0.1, 0.15) is 18.9 Å². The molecule has 1 aromatic carbocycles. The minimum absolute atomic E-state index is 0.0187. The standard InChI is InChI=1S/C19H22N4O3/c1-2-23-16-8-7-15(11-17(16)26-13-18(23)24)22-19(25)21-10-4-6-14-5-3-9-20-12-14/h3,5,7-9,11-12H,2,4,6,10,13H2,1H3,(H2,21,22,25). The number of amides is 3. The quantitative estimate of drug-likeness (QED) is 0.781. The Labute approximate surface area is 152 Å². The molecular weight excluding hydrogens is 332 g/mol. The molecular formula is C19H22N4O3. The zero-order chi connectivity index (χ0) is 18.4. The van der Waals surface area contributed by atoms with E-state index in [0.717, 1.165) is 24.1 Å². The van der Waals surface area contributed by atoms with Gasteiger partial charge < -0.3 is 20.3 Å². The van der Waals surface area contributed by atoms with Crippen LogP contribution >= 0.6 is 0 Å². The zero-order valence-corrected chi connectivity index (χ0v) is 14.7. The molecule has 0 fully saturated rings. The first-order chi connectivity index (χ1) is 12.7. The molecule has 0 atom stereocenters. The van der Waals surface area contributed by atoms with E-state index in [4.69, 9.17) is 4.74 Å². The first-order valence-corrected chi connectivity index (χ1v) is 8.68. The molecule has 0 radical (unpaired) electrons. The van der Waals surface area contributed by atoms with Crippen molar-refractivity contribution in [2.24, 2.45) is 0 Å². The second kappa shape index (κ2) is 8.33. The Morgan fingerprint density at radius 1 is 1.35 bits per heavy atom. The fraction of sp³-hybridized carbons (Fsp3) is 0.316. The Morgan fingerprint density at radius 3 is 3.00 bits per heavy atom. The molecule has 0 spiro atoms. The highest BCUT2D eigenvalue weighted by molar-refractivity contribution is 5.98. The number of hydrogen-bond acceptors (Lipinski definition) is 4. The van der Waals surface area contributed by atoms with Gasteiger partial charge in [0, 0.05) is 37.2 Å². The maximum atomic E-state index is 12.0. The van der Waals surface area contributed by atoms with Gasteiger partial charge in [-0.25, -0.2) is 4.79 Å². The van der Waals surface area contributed by atoms with E-state index in [1.165, 1.54) is 0 Å². The molecule has 0 bridgehead atoms. The van der Waals surface area contributed by atoms with Crippen LogP contribution in [0.5, 0.6) is 5.75 Å². The maximum absolute atomic E-state index is 12.0. The molecule has 3 rings (SSSR count). The number of aromatic nitrogens is 1. The lowest BCUT2D eigenvalue weighted by atomic mass is 10.1. The number of urea groups is 1. The van der Waals surface area contributed by atoms with Crippen molar-refractivity contribution in [2.45, 2.75) is 19.8 Å². The minimum Gasteiger partial charge on any atom is -0.481 e. The normalized spacial score (nSPS) is 13.0. The summed E-state index contributed by atoms with van der Waals surface area (Å²) in [6, 6.07) is 8.94. The first kappa shape index (κ1) is 17.7. The predicted octanol–water partition coefficient (Wildman–Crippen LogP) is 2.58. The predicted molar refractivity (Wildman–Crippen MR) is 99.5 cm³/mol. The molecule has 136 valence electrons. The smallest absolute Gasteiger partial charge is 0.319 e. The van der Waals surface area contributed by atoms with Gasteiger partial charge in [0.05, 0.1) is 5.69 Å². The first-order valence-electron chi connectivity index (χ1n) is 8.68. The van der Waals surface area contributed by atoms with E-state index in [2.05, 4.69) is 15.6 Å². The van der Waals surface area contributed by atoms with Crippen molar-refractivity contribution in [3.8, 4) is 5.75 Å². The SMILES string of the molecule is CCN1C(=O)COc2cc(NC(=O)NCCCc3cccnc3)ccc21. The van der Waals surface area contributed by atoms with Gasteiger partial charge in [-0.2, -0.15) is 0 Å². The molecule has 7 heteroatoms. The molecule has 0 aliphatic carbocycles. The Kier molecular flexibility index (Phi) is 5.68. The van der Waals surface area contributed by atoms with Gasteiger partial charge in [-0.15, -0.1) is 0 Å². The van der Waals surface area contributed by atoms with Crippen LogP contribution < -0.4 is 20.3 Å². The van der Waals surface area contributed by atoms with Crippen molar-refractivity contribution in [1.82, 2.24) is 10.3 Å². The van der Waals surface area contributed by atoms with Crippen molar-refractivity contribution in [3.05, 3.63) is 48.3 Å². The molecule has 0 unspecified atom stereocenters. The number of hydrogen-bond donors (Lipinski definition) is 2. The van der Waals surface area contributed by atoms with Gasteiger partial charge in [0.1, 0.15) is 5.75 Å². The summed E-state index contributed by atoms with van der Waals surface area (Å²) >= 11 is 0. The van der Waals surface area contributed by atoms with Crippen LogP contribution in [-0.2, 0) is 11.2 Å². The van der Waals surface area contributed by atoms with Crippen molar-refractivity contribution < 1.29 is 14.3 Å². The van der Waals surface area contributed by atoms with Gasteiger partial charge in [0.2, 0.25) is 0 Å². The van der Waals surface area contributed by atoms with Crippen LogP contribution in [0.4, 0.5) is 16.2 Å².